The molecule has 1 heterocycles. The van der Waals surface area contributed by atoms with Crippen molar-refractivity contribution in [1.29, 1.82) is 0 Å². The van der Waals surface area contributed by atoms with Gasteiger partial charge in [-0.1, -0.05) is 146 Å². The smallest absolute Gasteiger partial charge is 0.0468 e. The molecular weight excluding hydrogens is 677 g/mol. The van der Waals surface area contributed by atoms with Crippen molar-refractivity contribution in [2.24, 2.45) is 0 Å². The molecule has 56 heavy (non-hydrogen) atoms. The number of fused-ring (bicyclic) bond motifs is 5. The third-order valence-electron chi connectivity index (χ3n) is 11.3. The Kier molecular flexibility index (Phi) is 7.53. The average Bonchev–Trinajstić information content (AvgIpc) is 3.59. The predicted molar refractivity (Wildman–Crippen MR) is 238 cm³/mol. The van der Waals surface area contributed by atoms with Gasteiger partial charge in [-0.2, -0.15) is 0 Å². The summed E-state index contributed by atoms with van der Waals surface area (Å²) in [6, 6.07) is 79.6. The number of rotatable bonds is 6. The van der Waals surface area contributed by atoms with E-state index in [4.69, 9.17) is 0 Å². The molecule has 1 aliphatic carbocycles. The standard InChI is InChI=1S/C54H36N2/c1-4-14-37(15-5-1)40-19-12-22-44(34-40)55(41-20-8-3-9-21-41)42-28-30-43(31-29-42)56-45-27-26-38-18-13-25-50(51(38)35-45)53(39-16-6-2-7-17-39)54-49-24-11-10-23-47(49)48-33-32-46(56)36-52(48)54/h1-36H. The zero-order valence-corrected chi connectivity index (χ0v) is 30.7. The first-order valence-electron chi connectivity index (χ1n) is 19.3. The van der Waals surface area contributed by atoms with Crippen molar-refractivity contribution in [2.45, 2.75) is 0 Å². The number of hydrogen-bond acceptors (Lipinski definition) is 1. The second kappa shape index (κ2) is 13.2. The van der Waals surface area contributed by atoms with Crippen molar-refractivity contribution in [3.63, 3.8) is 0 Å². The summed E-state index contributed by atoms with van der Waals surface area (Å²) in [6.45, 7) is 0. The van der Waals surface area contributed by atoms with E-state index in [1.807, 2.05) is 0 Å². The monoisotopic (exact) mass is 712 g/mol. The summed E-state index contributed by atoms with van der Waals surface area (Å²) >= 11 is 0. The Hall–Kier alpha value is -7.42. The molecule has 0 amide bonds. The van der Waals surface area contributed by atoms with Gasteiger partial charge in [0, 0.05) is 33.8 Å². The fraction of sp³-hybridized carbons (Fsp3) is 0. The van der Waals surface area contributed by atoms with Gasteiger partial charge >= 0.3 is 0 Å². The van der Waals surface area contributed by atoms with E-state index in [1.54, 1.807) is 0 Å². The van der Waals surface area contributed by atoms with E-state index >= 15 is 0 Å². The zero-order valence-electron chi connectivity index (χ0n) is 30.7. The highest BCUT2D eigenvalue weighted by Crippen LogP contribution is 2.48. The lowest BCUT2D eigenvalue weighted by molar-refractivity contribution is 1.15. The highest BCUT2D eigenvalue weighted by Gasteiger charge is 2.22. The van der Waals surface area contributed by atoms with Crippen molar-refractivity contribution >= 4 is 60.4 Å². The minimum Gasteiger partial charge on any atom is -0.310 e. The Morgan fingerprint density at radius 2 is 0.875 bits per heavy atom. The molecule has 262 valence electrons. The Bertz CT molecular complexity index is 3160. The lowest BCUT2D eigenvalue weighted by atomic mass is 9.90. The Morgan fingerprint density at radius 3 is 1.66 bits per heavy atom. The van der Waals surface area contributed by atoms with Gasteiger partial charge in [-0.25, -0.2) is 0 Å². The summed E-state index contributed by atoms with van der Waals surface area (Å²) < 4.78 is 2.41. The van der Waals surface area contributed by atoms with Gasteiger partial charge in [0.1, 0.15) is 0 Å². The maximum Gasteiger partial charge on any atom is 0.0468 e. The number of nitrogens with zero attached hydrogens (tertiary/aromatic N) is 2. The molecule has 0 spiro atoms. The second-order valence-corrected chi connectivity index (χ2v) is 14.5. The average molecular weight is 713 g/mol. The third-order valence-corrected chi connectivity index (χ3v) is 11.3. The topological polar surface area (TPSA) is 8.17 Å². The molecule has 2 aliphatic rings. The van der Waals surface area contributed by atoms with Crippen LogP contribution in [0.15, 0.2) is 218 Å². The van der Waals surface area contributed by atoms with E-state index in [0.717, 1.165) is 33.8 Å². The van der Waals surface area contributed by atoms with Gasteiger partial charge in [0.05, 0.1) is 0 Å². The summed E-state index contributed by atoms with van der Waals surface area (Å²) in [5.41, 5.74) is 14.1. The molecule has 1 aliphatic heterocycles. The van der Waals surface area contributed by atoms with Gasteiger partial charge < -0.3 is 9.47 Å². The zero-order chi connectivity index (χ0) is 37.0. The van der Waals surface area contributed by atoms with Gasteiger partial charge in [-0.05, 0) is 138 Å². The molecule has 9 aromatic rings. The molecule has 4 bridgehead atoms. The van der Waals surface area contributed by atoms with Crippen molar-refractivity contribution in [2.75, 3.05) is 4.90 Å². The minimum atomic E-state index is 1.09. The van der Waals surface area contributed by atoms with E-state index in [-0.39, 0.29) is 0 Å². The van der Waals surface area contributed by atoms with Crippen LogP contribution in [0.25, 0.3) is 82.4 Å². The molecule has 0 saturated carbocycles. The van der Waals surface area contributed by atoms with Crippen LogP contribution in [0.1, 0.15) is 0 Å². The van der Waals surface area contributed by atoms with E-state index < -0.39 is 0 Å². The molecule has 0 aromatic heterocycles. The number of hydrogen-bond donors (Lipinski definition) is 0. The highest BCUT2D eigenvalue weighted by molar-refractivity contribution is 6.24. The number of para-hydroxylation sites is 1. The number of aromatic nitrogens is 1. The van der Waals surface area contributed by atoms with E-state index in [2.05, 4.69) is 228 Å². The van der Waals surface area contributed by atoms with Gasteiger partial charge in [-0.15, -0.1) is 0 Å². The number of anilines is 3. The van der Waals surface area contributed by atoms with Crippen molar-refractivity contribution < 1.29 is 0 Å². The van der Waals surface area contributed by atoms with Crippen LogP contribution >= 0.6 is 0 Å². The molecule has 0 saturated heterocycles. The SMILES string of the molecule is c1ccc(-c2cccc(N(c3ccccc3)c3ccc(-n4c5ccc6c(c5)-c(c(-c5ccccc5)c5cccc7ccc4cc75)c4ccccc64)cc3)c2)cc1. The Labute approximate surface area is 326 Å². The molecule has 0 radical (unpaired) electrons. The number of benzene rings is 9. The predicted octanol–water partition coefficient (Wildman–Crippen LogP) is 15.0. The van der Waals surface area contributed by atoms with Gasteiger partial charge in [0.15, 0.2) is 0 Å². The Morgan fingerprint density at radius 1 is 0.304 bits per heavy atom. The summed E-state index contributed by atoms with van der Waals surface area (Å²) in [5.74, 6) is 0. The lowest BCUT2D eigenvalue weighted by Gasteiger charge is -2.26. The first-order valence-corrected chi connectivity index (χ1v) is 19.3. The molecule has 9 aromatic carbocycles. The summed E-state index contributed by atoms with van der Waals surface area (Å²) in [7, 11) is 0. The van der Waals surface area contributed by atoms with Gasteiger partial charge in [0.25, 0.3) is 0 Å². The van der Waals surface area contributed by atoms with Crippen molar-refractivity contribution in [3.05, 3.63) is 218 Å². The molecular formula is C54H36N2. The summed E-state index contributed by atoms with van der Waals surface area (Å²) in [5, 5.41) is 7.54. The highest BCUT2D eigenvalue weighted by atomic mass is 15.1. The second-order valence-electron chi connectivity index (χ2n) is 14.5. The van der Waals surface area contributed by atoms with Crippen LogP contribution in [0.3, 0.4) is 0 Å². The first-order chi connectivity index (χ1) is 27.8. The summed E-state index contributed by atoms with van der Waals surface area (Å²) in [6.07, 6.45) is 0. The van der Waals surface area contributed by atoms with E-state index in [0.29, 0.717) is 0 Å². The van der Waals surface area contributed by atoms with Crippen LogP contribution in [0.5, 0.6) is 0 Å². The lowest BCUT2D eigenvalue weighted by Crippen LogP contribution is -2.10. The van der Waals surface area contributed by atoms with Crippen molar-refractivity contribution in [3.8, 4) is 39.1 Å². The third kappa shape index (κ3) is 5.26. The fourth-order valence-electron chi connectivity index (χ4n) is 8.80. The molecule has 0 N–H and O–H groups in total. The largest absolute Gasteiger partial charge is 0.310 e. The van der Waals surface area contributed by atoms with E-state index in [1.165, 1.54) is 65.7 Å². The minimum absolute atomic E-state index is 1.09. The van der Waals surface area contributed by atoms with Crippen LogP contribution in [-0.4, -0.2) is 4.57 Å². The van der Waals surface area contributed by atoms with Crippen molar-refractivity contribution in [1.82, 2.24) is 4.57 Å². The molecule has 0 atom stereocenters. The Balaban J connectivity index is 1.15. The van der Waals surface area contributed by atoms with E-state index in [9.17, 15) is 0 Å². The normalized spacial score (nSPS) is 11.6. The van der Waals surface area contributed by atoms with Gasteiger partial charge in [-0.3, -0.25) is 0 Å². The molecule has 2 nitrogen and oxygen atoms in total. The molecule has 0 unspecified atom stereocenters. The van der Waals surface area contributed by atoms with Crippen LogP contribution in [0.2, 0.25) is 0 Å². The molecule has 2 heteroatoms. The maximum atomic E-state index is 2.41. The van der Waals surface area contributed by atoms with Crippen LogP contribution in [0.4, 0.5) is 17.1 Å². The van der Waals surface area contributed by atoms with Crippen LogP contribution in [0, 0.1) is 0 Å². The summed E-state index contributed by atoms with van der Waals surface area (Å²) in [4.78, 5) is 2.34. The van der Waals surface area contributed by atoms with Crippen LogP contribution < -0.4 is 4.90 Å². The first kappa shape index (κ1) is 32.0. The van der Waals surface area contributed by atoms with Crippen LogP contribution in [-0.2, 0) is 0 Å². The molecule has 0 fully saturated rings. The fourth-order valence-corrected chi connectivity index (χ4v) is 8.80. The molecule has 11 rings (SSSR count). The quantitative estimate of drug-likeness (QED) is 0.167. The van der Waals surface area contributed by atoms with Gasteiger partial charge in [0.2, 0.25) is 0 Å². The maximum absolute atomic E-state index is 2.41.